The Morgan fingerprint density at radius 3 is 1.91 bits per heavy atom. The van der Waals surface area contributed by atoms with Gasteiger partial charge in [-0.3, -0.25) is 4.79 Å². The minimum atomic E-state index is -0.208. The minimum absolute atomic E-state index is 0.0828. The normalized spacial score (nSPS) is 33.0. The number of esters is 2. The van der Waals surface area contributed by atoms with E-state index in [0.717, 1.165) is 82.0 Å². The summed E-state index contributed by atoms with van der Waals surface area (Å²) in [5.41, 5.74) is 0. The molecule has 0 spiro atoms. The van der Waals surface area contributed by atoms with Crippen molar-refractivity contribution < 1.29 is 19.1 Å². The predicted molar refractivity (Wildman–Crippen MR) is 133 cm³/mol. The largest absolute Gasteiger partial charge is 0.462 e. The van der Waals surface area contributed by atoms with Gasteiger partial charge in [0.15, 0.2) is 0 Å². The van der Waals surface area contributed by atoms with Crippen LogP contribution in [0.3, 0.4) is 0 Å². The van der Waals surface area contributed by atoms with Crippen molar-refractivity contribution in [2.75, 3.05) is 0 Å². The molecule has 0 unspecified atom stereocenters. The van der Waals surface area contributed by atoms with E-state index >= 15 is 0 Å². The van der Waals surface area contributed by atoms with Crippen LogP contribution in [-0.4, -0.2) is 24.1 Å². The summed E-state index contributed by atoms with van der Waals surface area (Å²) in [6.45, 7) is 4.11. The van der Waals surface area contributed by atoms with Crippen LogP contribution in [0.5, 0.6) is 0 Å². The fourth-order valence-corrected chi connectivity index (χ4v) is 6.50. The van der Waals surface area contributed by atoms with Crippen LogP contribution < -0.4 is 0 Å². The molecule has 3 fully saturated rings. The number of ether oxygens (including phenoxy) is 2. The van der Waals surface area contributed by atoms with Crippen LogP contribution in [0.1, 0.15) is 123 Å². The monoisotopic (exact) mass is 460 g/mol. The van der Waals surface area contributed by atoms with Crippen LogP contribution >= 0.6 is 0 Å². The average Bonchev–Trinajstić information content (AvgIpc) is 2.83. The Morgan fingerprint density at radius 1 is 0.727 bits per heavy atom. The molecule has 3 aliphatic carbocycles. The van der Waals surface area contributed by atoms with Crippen molar-refractivity contribution in [1.82, 2.24) is 0 Å². The van der Waals surface area contributed by atoms with Gasteiger partial charge < -0.3 is 9.47 Å². The third-order valence-corrected chi connectivity index (χ3v) is 8.62. The molecule has 3 rings (SSSR count). The Hall–Kier alpha value is -1.32. The topological polar surface area (TPSA) is 52.6 Å². The summed E-state index contributed by atoms with van der Waals surface area (Å²) in [4.78, 5) is 24.5. The van der Waals surface area contributed by atoms with Crippen LogP contribution in [0.25, 0.3) is 0 Å². The summed E-state index contributed by atoms with van der Waals surface area (Å²) in [5.74, 6) is 2.30. The van der Waals surface area contributed by atoms with Gasteiger partial charge in [0.2, 0.25) is 0 Å². The summed E-state index contributed by atoms with van der Waals surface area (Å²) >= 11 is 0. The summed E-state index contributed by atoms with van der Waals surface area (Å²) in [7, 11) is 0. The second-order valence-electron chi connectivity index (χ2n) is 11.0. The molecule has 0 aliphatic heterocycles. The SMILES string of the molecule is CC=CC(=O)OC1CCC(C2CCC(C(=O)OC3CCC(CCCCCC)CC3)CC2)CC1. The fourth-order valence-electron chi connectivity index (χ4n) is 6.50. The fraction of sp³-hybridized carbons (Fsp3) is 0.862. The molecule has 188 valence electrons. The molecule has 0 saturated heterocycles. The highest BCUT2D eigenvalue weighted by Gasteiger charge is 2.35. The van der Waals surface area contributed by atoms with Gasteiger partial charge in [0, 0.05) is 6.08 Å². The van der Waals surface area contributed by atoms with E-state index in [4.69, 9.17) is 9.47 Å². The number of hydrogen-bond donors (Lipinski definition) is 0. The van der Waals surface area contributed by atoms with Gasteiger partial charge >= 0.3 is 11.9 Å². The van der Waals surface area contributed by atoms with Crippen LogP contribution in [0.4, 0.5) is 0 Å². The van der Waals surface area contributed by atoms with E-state index in [2.05, 4.69) is 6.92 Å². The zero-order chi connectivity index (χ0) is 23.5. The molecule has 0 aromatic rings. The summed E-state index contributed by atoms with van der Waals surface area (Å²) in [6.07, 6.45) is 23.4. The predicted octanol–water partition coefficient (Wildman–Crippen LogP) is 7.54. The van der Waals surface area contributed by atoms with Crippen molar-refractivity contribution in [3.05, 3.63) is 12.2 Å². The van der Waals surface area contributed by atoms with E-state index < -0.39 is 0 Å². The smallest absolute Gasteiger partial charge is 0.330 e. The maximum atomic E-state index is 12.8. The van der Waals surface area contributed by atoms with E-state index in [-0.39, 0.29) is 30.1 Å². The lowest BCUT2D eigenvalue weighted by atomic mass is 9.70. The molecule has 4 heteroatoms. The second-order valence-corrected chi connectivity index (χ2v) is 11.0. The van der Waals surface area contributed by atoms with Crippen LogP contribution in [0, 0.1) is 23.7 Å². The standard InChI is InChI=1S/C29H48O4/c1-3-5-6-7-9-22-10-18-27(19-11-22)33-29(31)25-14-12-23(13-15-25)24-16-20-26(21-17-24)32-28(30)8-4-2/h4,8,22-27H,3,5-7,9-21H2,1-2H3. The Morgan fingerprint density at radius 2 is 1.30 bits per heavy atom. The second kappa shape index (κ2) is 14.2. The third-order valence-electron chi connectivity index (χ3n) is 8.62. The molecule has 0 amide bonds. The van der Waals surface area contributed by atoms with Crippen LogP contribution in [0.2, 0.25) is 0 Å². The number of hydrogen-bond acceptors (Lipinski definition) is 4. The molecule has 3 aliphatic rings. The lowest BCUT2D eigenvalue weighted by Gasteiger charge is -2.37. The first-order chi connectivity index (χ1) is 16.1. The maximum absolute atomic E-state index is 12.8. The Labute approximate surface area is 202 Å². The lowest BCUT2D eigenvalue weighted by Crippen LogP contribution is -2.33. The zero-order valence-corrected chi connectivity index (χ0v) is 21.3. The van der Waals surface area contributed by atoms with E-state index in [1.165, 1.54) is 51.0 Å². The molecule has 0 atom stereocenters. The molecular weight excluding hydrogens is 412 g/mol. The number of allylic oxidation sites excluding steroid dienone is 1. The minimum Gasteiger partial charge on any atom is -0.462 e. The Balaban J connectivity index is 1.29. The molecule has 33 heavy (non-hydrogen) atoms. The van der Waals surface area contributed by atoms with Gasteiger partial charge in [-0.05, 0) is 102 Å². The van der Waals surface area contributed by atoms with Gasteiger partial charge in [0.1, 0.15) is 12.2 Å². The van der Waals surface area contributed by atoms with Gasteiger partial charge in [0.05, 0.1) is 5.92 Å². The van der Waals surface area contributed by atoms with E-state index in [1.54, 1.807) is 6.08 Å². The van der Waals surface area contributed by atoms with Crippen molar-refractivity contribution >= 4 is 11.9 Å². The first-order valence-electron chi connectivity index (χ1n) is 14.1. The molecule has 4 nitrogen and oxygen atoms in total. The number of carbonyl (C=O) groups excluding carboxylic acids is 2. The summed E-state index contributed by atoms with van der Waals surface area (Å²) in [5, 5.41) is 0. The van der Waals surface area contributed by atoms with Gasteiger partial charge in [0.25, 0.3) is 0 Å². The van der Waals surface area contributed by atoms with E-state index in [0.29, 0.717) is 0 Å². The first-order valence-corrected chi connectivity index (χ1v) is 14.1. The maximum Gasteiger partial charge on any atom is 0.330 e. The van der Waals surface area contributed by atoms with Crippen molar-refractivity contribution in [1.29, 1.82) is 0 Å². The number of carbonyl (C=O) groups is 2. The molecule has 0 N–H and O–H groups in total. The van der Waals surface area contributed by atoms with Crippen LogP contribution in [-0.2, 0) is 19.1 Å². The first kappa shape index (κ1) is 26.3. The highest BCUT2D eigenvalue weighted by atomic mass is 16.5. The van der Waals surface area contributed by atoms with E-state index in [1.807, 2.05) is 6.92 Å². The van der Waals surface area contributed by atoms with Crippen molar-refractivity contribution in [2.24, 2.45) is 23.7 Å². The van der Waals surface area contributed by atoms with Crippen LogP contribution in [0.15, 0.2) is 12.2 Å². The molecule has 3 saturated carbocycles. The zero-order valence-electron chi connectivity index (χ0n) is 21.3. The molecule has 0 radical (unpaired) electrons. The third kappa shape index (κ3) is 8.76. The molecule has 0 bridgehead atoms. The Bertz CT molecular complexity index is 603. The molecule has 0 aromatic heterocycles. The lowest BCUT2D eigenvalue weighted by molar-refractivity contribution is -0.157. The van der Waals surface area contributed by atoms with Gasteiger partial charge in [-0.25, -0.2) is 4.79 Å². The molecule has 0 heterocycles. The van der Waals surface area contributed by atoms with Crippen molar-refractivity contribution in [2.45, 2.75) is 135 Å². The Kier molecular flexibility index (Phi) is 11.3. The van der Waals surface area contributed by atoms with Gasteiger partial charge in [-0.2, -0.15) is 0 Å². The highest BCUT2D eigenvalue weighted by Crippen LogP contribution is 2.41. The average molecular weight is 461 g/mol. The molecular formula is C29H48O4. The quantitative estimate of drug-likeness (QED) is 0.192. The summed E-state index contributed by atoms with van der Waals surface area (Å²) < 4.78 is 11.5. The highest BCUT2D eigenvalue weighted by molar-refractivity contribution is 5.81. The van der Waals surface area contributed by atoms with Crippen molar-refractivity contribution in [3.8, 4) is 0 Å². The van der Waals surface area contributed by atoms with E-state index in [9.17, 15) is 9.59 Å². The number of rotatable bonds is 10. The number of unbranched alkanes of at least 4 members (excludes halogenated alkanes) is 3. The van der Waals surface area contributed by atoms with Crippen molar-refractivity contribution in [3.63, 3.8) is 0 Å². The molecule has 0 aromatic carbocycles. The van der Waals surface area contributed by atoms with Gasteiger partial charge in [-0.15, -0.1) is 0 Å². The van der Waals surface area contributed by atoms with Gasteiger partial charge in [-0.1, -0.05) is 45.1 Å². The summed E-state index contributed by atoms with van der Waals surface area (Å²) in [6, 6.07) is 0.